The van der Waals surface area contributed by atoms with Gasteiger partial charge in [-0.15, -0.1) is 11.6 Å². The third-order valence-electron chi connectivity index (χ3n) is 3.36. The van der Waals surface area contributed by atoms with Crippen molar-refractivity contribution in [3.8, 4) is 5.75 Å². The molecule has 100 valence electrons. The van der Waals surface area contributed by atoms with Gasteiger partial charge in [-0.05, 0) is 37.1 Å². The number of hydrogen-bond acceptors (Lipinski definition) is 2. The Labute approximate surface area is 122 Å². The molecule has 2 unspecified atom stereocenters. The van der Waals surface area contributed by atoms with Crippen molar-refractivity contribution in [3.05, 3.63) is 28.7 Å². The van der Waals surface area contributed by atoms with Gasteiger partial charge in [0.05, 0.1) is 0 Å². The summed E-state index contributed by atoms with van der Waals surface area (Å²) in [4.78, 5) is 2.43. The number of halogens is 2. The number of ether oxygens (including phenoxy) is 1. The number of alkyl halides is 1. The molecular formula is C14H19BrClNO. The molecule has 2 rings (SSSR count). The van der Waals surface area contributed by atoms with Crippen LogP contribution in [0.3, 0.4) is 0 Å². The minimum atomic E-state index is 0.340. The van der Waals surface area contributed by atoms with Gasteiger partial charge >= 0.3 is 0 Å². The Balaban J connectivity index is 1.72. The average Bonchev–Trinajstić information content (AvgIpc) is 2.34. The molecule has 0 bridgehead atoms. The number of benzene rings is 1. The molecule has 1 aromatic carbocycles. The topological polar surface area (TPSA) is 12.5 Å². The summed E-state index contributed by atoms with van der Waals surface area (Å²) >= 11 is 9.66. The second kappa shape index (κ2) is 6.78. The fourth-order valence-electron chi connectivity index (χ4n) is 2.26. The molecule has 18 heavy (non-hydrogen) atoms. The largest absolute Gasteiger partial charge is 0.492 e. The number of hydrogen-bond donors (Lipinski definition) is 0. The molecule has 1 aliphatic rings. The van der Waals surface area contributed by atoms with Crippen LogP contribution in [0, 0.1) is 5.92 Å². The molecule has 2 atom stereocenters. The molecule has 1 saturated heterocycles. The van der Waals surface area contributed by atoms with E-state index in [9.17, 15) is 0 Å². The van der Waals surface area contributed by atoms with E-state index in [0.29, 0.717) is 11.3 Å². The summed E-state index contributed by atoms with van der Waals surface area (Å²) in [6.07, 6.45) is 1.08. The second-order valence-corrected chi connectivity index (χ2v) is 6.36. The second-order valence-electron chi connectivity index (χ2n) is 4.89. The summed E-state index contributed by atoms with van der Waals surface area (Å²) in [5.74, 6) is 1.50. The lowest BCUT2D eigenvalue weighted by Crippen LogP contribution is -2.41. The molecule has 0 spiro atoms. The molecule has 0 aliphatic carbocycles. The van der Waals surface area contributed by atoms with Crippen LogP contribution in [-0.4, -0.2) is 36.5 Å². The third kappa shape index (κ3) is 4.15. The van der Waals surface area contributed by atoms with Gasteiger partial charge < -0.3 is 4.74 Å². The first kappa shape index (κ1) is 14.2. The van der Waals surface area contributed by atoms with E-state index >= 15 is 0 Å². The first-order valence-electron chi connectivity index (χ1n) is 6.40. The summed E-state index contributed by atoms with van der Waals surface area (Å²) < 4.78 is 6.80. The Morgan fingerprint density at radius 3 is 3.06 bits per heavy atom. The van der Waals surface area contributed by atoms with E-state index in [1.807, 2.05) is 24.3 Å². The van der Waals surface area contributed by atoms with Crippen molar-refractivity contribution in [3.63, 3.8) is 0 Å². The highest BCUT2D eigenvalue weighted by Crippen LogP contribution is 2.22. The van der Waals surface area contributed by atoms with Gasteiger partial charge in [-0.3, -0.25) is 4.90 Å². The van der Waals surface area contributed by atoms with Crippen LogP contribution in [0.5, 0.6) is 5.75 Å². The van der Waals surface area contributed by atoms with E-state index in [1.165, 1.54) is 0 Å². The first-order chi connectivity index (χ1) is 8.65. The summed E-state index contributed by atoms with van der Waals surface area (Å²) in [6, 6.07) is 7.96. The van der Waals surface area contributed by atoms with Crippen LogP contribution < -0.4 is 4.74 Å². The maximum atomic E-state index is 6.22. The Morgan fingerprint density at radius 1 is 1.50 bits per heavy atom. The summed E-state index contributed by atoms with van der Waals surface area (Å²) in [5.41, 5.74) is 0. The van der Waals surface area contributed by atoms with Gasteiger partial charge in [0.1, 0.15) is 12.4 Å². The van der Waals surface area contributed by atoms with Crippen LogP contribution in [-0.2, 0) is 0 Å². The smallest absolute Gasteiger partial charge is 0.120 e. The lowest BCUT2D eigenvalue weighted by molar-refractivity contribution is 0.156. The molecule has 1 heterocycles. The van der Waals surface area contributed by atoms with E-state index in [-0.39, 0.29) is 0 Å². The molecule has 0 saturated carbocycles. The van der Waals surface area contributed by atoms with Gasteiger partial charge in [0.25, 0.3) is 0 Å². The van der Waals surface area contributed by atoms with Crippen LogP contribution in [0.2, 0.25) is 0 Å². The fourth-order valence-corrected chi connectivity index (χ4v) is 2.81. The van der Waals surface area contributed by atoms with Crippen molar-refractivity contribution in [2.75, 3.05) is 26.2 Å². The van der Waals surface area contributed by atoms with Crippen LogP contribution in [0.1, 0.15) is 13.3 Å². The summed E-state index contributed by atoms with van der Waals surface area (Å²) in [7, 11) is 0. The van der Waals surface area contributed by atoms with Gasteiger partial charge in [0.2, 0.25) is 0 Å². The fraction of sp³-hybridized carbons (Fsp3) is 0.571. The highest BCUT2D eigenvalue weighted by molar-refractivity contribution is 9.10. The predicted molar refractivity (Wildman–Crippen MR) is 79.5 cm³/mol. The highest BCUT2D eigenvalue weighted by Gasteiger charge is 2.23. The quantitative estimate of drug-likeness (QED) is 0.778. The normalized spacial score (nSPS) is 25.1. The zero-order valence-corrected chi connectivity index (χ0v) is 13.0. The number of likely N-dealkylation sites (tertiary alicyclic amines) is 1. The Bertz CT molecular complexity index is 388. The number of piperidine rings is 1. The average molecular weight is 333 g/mol. The molecular weight excluding hydrogens is 314 g/mol. The maximum absolute atomic E-state index is 6.22. The highest BCUT2D eigenvalue weighted by atomic mass is 79.9. The molecule has 0 N–H and O–H groups in total. The predicted octanol–water partition coefficient (Wildman–Crippen LogP) is 3.78. The minimum absolute atomic E-state index is 0.340. The van der Waals surface area contributed by atoms with Crippen LogP contribution in [0.15, 0.2) is 28.7 Å². The van der Waals surface area contributed by atoms with Crippen molar-refractivity contribution < 1.29 is 4.74 Å². The van der Waals surface area contributed by atoms with Crippen molar-refractivity contribution in [1.29, 1.82) is 0 Å². The third-order valence-corrected chi connectivity index (χ3v) is 4.50. The van der Waals surface area contributed by atoms with Crippen molar-refractivity contribution in [2.24, 2.45) is 5.92 Å². The summed E-state index contributed by atoms with van der Waals surface area (Å²) in [6.45, 7) is 6.09. The minimum Gasteiger partial charge on any atom is -0.492 e. The zero-order chi connectivity index (χ0) is 13.0. The Hall–Kier alpha value is -0.250. The van der Waals surface area contributed by atoms with Crippen LogP contribution >= 0.6 is 27.5 Å². The lowest BCUT2D eigenvalue weighted by Gasteiger charge is -2.33. The van der Waals surface area contributed by atoms with Gasteiger partial charge in [0.15, 0.2) is 0 Å². The molecule has 1 fully saturated rings. The molecule has 1 aliphatic heterocycles. The molecule has 0 radical (unpaired) electrons. The molecule has 4 heteroatoms. The van der Waals surface area contributed by atoms with Crippen molar-refractivity contribution >= 4 is 27.5 Å². The van der Waals surface area contributed by atoms with Gasteiger partial charge in [-0.25, -0.2) is 0 Å². The molecule has 0 amide bonds. The van der Waals surface area contributed by atoms with Crippen LogP contribution in [0.4, 0.5) is 0 Å². The van der Waals surface area contributed by atoms with Gasteiger partial charge in [0, 0.05) is 22.9 Å². The molecule has 2 nitrogen and oxygen atoms in total. The maximum Gasteiger partial charge on any atom is 0.120 e. The lowest BCUT2D eigenvalue weighted by atomic mass is 10.00. The Morgan fingerprint density at radius 2 is 2.33 bits per heavy atom. The van der Waals surface area contributed by atoms with E-state index in [2.05, 4.69) is 27.8 Å². The van der Waals surface area contributed by atoms with E-state index in [0.717, 1.165) is 42.9 Å². The van der Waals surface area contributed by atoms with E-state index in [1.54, 1.807) is 0 Å². The van der Waals surface area contributed by atoms with Crippen LogP contribution in [0.25, 0.3) is 0 Å². The van der Waals surface area contributed by atoms with Crippen molar-refractivity contribution in [1.82, 2.24) is 4.90 Å². The molecule has 0 aromatic heterocycles. The van der Waals surface area contributed by atoms with Crippen molar-refractivity contribution in [2.45, 2.75) is 18.7 Å². The van der Waals surface area contributed by atoms with Gasteiger partial charge in [-0.2, -0.15) is 0 Å². The Kier molecular flexibility index (Phi) is 5.34. The SMILES string of the molecule is CC1CN(CCOc2cccc(Br)c2)CCC1Cl. The van der Waals surface area contributed by atoms with E-state index < -0.39 is 0 Å². The standard InChI is InChI=1S/C14H19BrClNO/c1-11-10-17(6-5-14(11)16)7-8-18-13-4-2-3-12(15)9-13/h2-4,9,11,14H,5-8,10H2,1H3. The number of rotatable bonds is 4. The first-order valence-corrected chi connectivity index (χ1v) is 7.63. The zero-order valence-electron chi connectivity index (χ0n) is 10.6. The van der Waals surface area contributed by atoms with E-state index in [4.69, 9.17) is 16.3 Å². The number of nitrogens with zero attached hydrogens (tertiary/aromatic N) is 1. The monoisotopic (exact) mass is 331 g/mol. The van der Waals surface area contributed by atoms with Gasteiger partial charge in [-0.1, -0.05) is 28.9 Å². The molecule has 1 aromatic rings. The summed E-state index contributed by atoms with van der Waals surface area (Å²) in [5, 5.41) is 0.340.